The van der Waals surface area contributed by atoms with E-state index in [1.54, 1.807) is 48.5 Å². The molecular weight excluding hydrogens is 332 g/mol. The molecule has 1 heterocycles. The minimum atomic E-state index is -0.957. The molecule has 1 aliphatic rings. The number of amides is 1. The molecule has 1 aliphatic heterocycles. The first kappa shape index (κ1) is 15.9. The monoisotopic (exact) mass is 344 g/mol. The van der Waals surface area contributed by atoms with Gasteiger partial charge in [0, 0.05) is 16.3 Å². The van der Waals surface area contributed by atoms with Crippen LogP contribution in [0.25, 0.3) is 0 Å². The minimum absolute atomic E-state index is 0.233. The smallest absolute Gasteiger partial charge is 0.417 e. The Morgan fingerprint density at radius 3 is 2.46 bits per heavy atom. The lowest BCUT2D eigenvalue weighted by Crippen LogP contribution is -2.18. The van der Waals surface area contributed by atoms with Crippen molar-refractivity contribution in [2.45, 2.75) is 6.10 Å². The molecule has 3 rings (SSSR count). The Labute approximate surface area is 142 Å². The van der Waals surface area contributed by atoms with Crippen molar-refractivity contribution in [2.75, 3.05) is 5.32 Å². The summed E-state index contributed by atoms with van der Waals surface area (Å²) in [7, 11) is 0. The third-order valence-corrected chi connectivity index (χ3v) is 3.57. The fraction of sp³-hybridized carbons (Fsp3) is 0.0588. The molecule has 3 N–H and O–H groups in total. The van der Waals surface area contributed by atoms with Gasteiger partial charge in [0.05, 0.1) is 0 Å². The summed E-state index contributed by atoms with van der Waals surface area (Å²) >= 11 is 5.82. The van der Waals surface area contributed by atoms with E-state index in [-0.39, 0.29) is 11.6 Å². The van der Waals surface area contributed by atoms with Crippen LogP contribution in [0.4, 0.5) is 10.5 Å². The van der Waals surface area contributed by atoms with Crippen LogP contribution in [0.5, 0.6) is 0 Å². The molecular formula is C17H13ClN2O4. The average Bonchev–Trinajstić information content (AvgIpc) is 2.85. The normalized spacial score (nSPS) is 16.7. The SMILES string of the molecule is NC1=C(OC(=O)Nc2ccccc2)C(=O)C(c2ccc(Cl)cc2)O1. The summed E-state index contributed by atoms with van der Waals surface area (Å²) in [6, 6.07) is 15.2. The van der Waals surface area contributed by atoms with Gasteiger partial charge in [-0.15, -0.1) is 0 Å². The predicted molar refractivity (Wildman–Crippen MR) is 88.0 cm³/mol. The van der Waals surface area contributed by atoms with Gasteiger partial charge in [0.1, 0.15) is 0 Å². The Kier molecular flexibility index (Phi) is 4.39. The van der Waals surface area contributed by atoms with Crippen molar-refractivity contribution >= 4 is 29.2 Å². The summed E-state index contributed by atoms with van der Waals surface area (Å²) in [6.45, 7) is 0. The molecule has 2 aromatic carbocycles. The number of nitrogens with two attached hydrogens (primary N) is 1. The van der Waals surface area contributed by atoms with Crippen molar-refractivity contribution in [2.24, 2.45) is 5.73 Å². The number of hydrogen-bond donors (Lipinski definition) is 2. The molecule has 0 saturated carbocycles. The van der Waals surface area contributed by atoms with E-state index in [0.29, 0.717) is 16.3 Å². The fourth-order valence-electron chi connectivity index (χ4n) is 2.19. The van der Waals surface area contributed by atoms with Gasteiger partial charge in [-0.05, 0) is 24.3 Å². The fourth-order valence-corrected chi connectivity index (χ4v) is 2.32. The standard InChI is InChI=1S/C17H13ClN2O4/c18-11-8-6-10(7-9-11)14-13(21)15(16(19)23-14)24-17(22)20-12-4-2-1-3-5-12/h1-9,14H,19H2,(H,20,22). The number of benzene rings is 2. The number of ketones is 1. The lowest BCUT2D eigenvalue weighted by atomic mass is 10.1. The van der Waals surface area contributed by atoms with Crippen molar-refractivity contribution in [3.63, 3.8) is 0 Å². The second kappa shape index (κ2) is 6.64. The molecule has 1 atom stereocenters. The van der Waals surface area contributed by atoms with Crippen LogP contribution in [0.3, 0.4) is 0 Å². The van der Waals surface area contributed by atoms with Crippen LogP contribution >= 0.6 is 11.6 Å². The number of Topliss-reactive ketones (excluding diaryl/α,β-unsaturated/α-hetero) is 1. The lowest BCUT2D eigenvalue weighted by molar-refractivity contribution is -0.123. The van der Waals surface area contributed by atoms with E-state index in [0.717, 1.165) is 0 Å². The molecule has 0 saturated heterocycles. The van der Waals surface area contributed by atoms with Gasteiger partial charge in [-0.25, -0.2) is 4.79 Å². The second-order valence-corrected chi connectivity index (χ2v) is 5.42. The van der Waals surface area contributed by atoms with Crippen molar-refractivity contribution in [3.8, 4) is 0 Å². The quantitative estimate of drug-likeness (QED) is 0.891. The van der Waals surface area contributed by atoms with Crippen LogP contribution in [0.2, 0.25) is 5.02 Å². The zero-order valence-corrected chi connectivity index (χ0v) is 13.1. The van der Waals surface area contributed by atoms with Crippen LogP contribution in [0, 0.1) is 0 Å². The van der Waals surface area contributed by atoms with E-state index in [1.165, 1.54) is 0 Å². The summed E-state index contributed by atoms with van der Waals surface area (Å²) in [4.78, 5) is 24.3. The molecule has 1 amide bonds. The third-order valence-electron chi connectivity index (χ3n) is 3.32. The molecule has 2 aromatic rings. The highest BCUT2D eigenvalue weighted by molar-refractivity contribution is 6.30. The number of hydrogen-bond acceptors (Lipinski definition) is 5. The molecule has 122 valence electrons. The van der Waals surface area contributed by atoms with Crippen LogP contribution in [-0.2, 0) is 14.3 Å². The highest BCUT2D eigenvalue weighted by atomic mass is 35.5. The molecule has 0 aromatic heterocycles. The van der Waals surface area contributed by atoms with Crippen molar-refractivity contribution in [1.29, 1.82) is 0 Å². The van der Waals surface area contributed by atoms with Gasteiger partial charge >= 0.3 is 6.09 Å². The Balaban J connectivity index is 1.69. The molecule has 6 nitrogen and oxygen atoms in total. The largest absolute Gasteiger partial charge is 0.460 e. The number of anilines is 1. The zero-order valence-electron chi connectivity index (χ0n) is 12.4. The van der Waals surface area contributed by atoms with Gasteiger partial charge in [-0.2, -0.15) is 0 Å². The van der Waals surface area contributed by atoms with E-state index in [2.05, 4.69) is 5.32 Å². The van der Waals surface area contributed by atoms with E-state index in [4.69, 9.17) is 26.8 Å². The zero-order chi connectivity index (χ0) is 17.1. The summed E-state index contributed by atoms with van der Waals surface area (Å²) in [5, 5.41) is 3.03. The summed E-state index contributed by atoms with van der Waals surface area (Å²) in [5.74, 6) is -1.08. The molecule has 1 unspecified atom stereocenters. The minimum Gasteiger partial charge on any atom is -0.460 e. The first-order chi connectivity index (χ1) is 11.5. The van der Waals surface area contributed by atoms with Gasteiger partial charge in [-0.1, -0.05) is 41.9 Å². The number of rotatable bonds is 3. The summed E-state index contributed by atoms with van der Waals surface area (Å²) < 4.78 is 10.3. The maximum Gasteiger partial charge on any atom is 0.417 e. The van der Waals surface area contributed by atoms with Gasteiger partial charge in [0.15, 0.2) is 6.10 Å². The van der Waals surface area contributed by atoms with Crippen molar-refractivity contribution in [3.05, 3.63) is 76.8 Å². The third kappa shape index (κ3) is 3.33. The van der Waals surface area contributed by atoms with Gasteiger partial charge < -0.3 is 15.2 Å². The van der Waals surface area contributed by atoms with E-state index < -0.39 is 18.0 Å². The van der Waals surface area contributed by atoms with Crippen LogP contribution in [0.1, 0.15) is 11.7 Å². The molecule has 0 aliphatic carbocycles. The highest BCUT2D eigenvalue weighted by Crippen LogP contribution is 2.32. The molecule has 0 spiro atoms. The Morgan fingerprint density at radius 1 is 1.12 bits per heavy atom. The maximum absolute atomic E-state index is 12.4. The molecule has 0 bridgehead atoms. The van der Waals surface area contributed by atoms with Gasteiger partial charge in [0.2, 0.25) is 17.4 Å². The van der Waals surface area contributed by atoms with Gasteiger partial charge in [-0.3, -0.25) is 10.1 Å². The highest BCUT2D eigenvalue weighted by Gasteiger charge is 2.38. The second-order valence-electron chi connectivity index (χ2n) is 4.99. The number of para-hydroxylation sites is 1. The average molecular weight is 345 g/mol. The van der Waals surface area contributed by atoms with E-state index in [1.807, 2.05) is 6.07 Å². The number of ether oxygens (including phenoxy) is 2. The maximum atomic E-state index is 12.4. The molecule has 24 heavy (non-hydrogen) atoms. The van der Waals surface area contributed by atoms with E-state index in [9.17, 15) is 9.59 Å². The van der Waals surface area contributed by atoms with Crippen molar-refractivity contribution in [1.82, 2.24) is 0 Å². The van der Waals surface area contributed by atoms with Gasteiger partial charge in [0.25, 0.3) is 0 Å². The summed E-state index contributed by atoms with van der Waals surface area (Å²) in [5.41, 5.74) is 6.77. The number of halogens is 1. The van der Waals surface area contributed by atoms with Crippen LogP contribution in [-0.4, -0.2) is 11.9 Å². The molecule has 7 heteroatoms. The van der Waals surface area contributed by atoms with E-state index >= 15 is 0 Å². The Morgan fingerprint density at radius 2 is 1.79 bits per heavy atom. The predicted octanol–water partition coefficient (Wildman–Crippen LogP) is 3.36. The Hall–Kier alpha value is -2.99. The number of carbonyl (C=O) groups excluding carboxylic acids is 2. The first-order valence-corrected chi connectivity index (χ1v) is 7.42. The molecule has 0 fully saturated rings. The Bertz CT molecular complexity index is 803. The van der Waals surface area contributed by atoms with Crippen molar-refractivity contribution < 1.29 is 19.1 Å². The number of carbonyl (C=O) groups is 2. The first-order valence-electron chi connectivity index (χ1n) is 7.04. The van der Waals surface area contributed by atoms with Crippen LogP contribution < -0.4 is 11.1 Å². The lowest BCUT2D eigenvalue weighted by Gasteiger charge is -2.09. The topological polar surface area (TPSA) is 90.6 Å². The summed E-state index contributed by atoms with van der Waals surface area (Å²) in [6.07, 6.45) is -1.78. The van der Waals surface area contributed by atoms with Crippen LogP contribution in [0.15, 0.2) is 66.2 Å². The number of nitrogens with one attached hydrogen (secondary N) is 1. The molecule has 0 radical (unpaired) electrons.